The van der Waals surface area contributed by atoms with E-state index < -0.39 is 5.60 Å². The maximum absolute atomic E-state index is 11.3. The van der Waals surface area contributed by atoms with Crippen LogP contribution in [0, 0.1) is 16.7 Å². The molecule has 4 atom stereocenters. The lowest BCUT2D eigenvalue weighted by Gasteiger charge is -2.51. The lowest BCUT2D eigenvalue weighted by atomic mass is 9.58. The molecule has 1 N–H and O–H groups in total. The van der Waals surface area contributed by atoms with Crippen LogP contribution in [0.2, 0.25) is 0 Å². The van der Waals surface area contributed by atoms with E-state index in [1.807, 2.05) is 0 Å². The van der Waals surface area contributed by atoms with Crippen molar-refractivity contribution in [3.8, 4) is 0 Å². The number of hydrogen-bond acceptors (Lipinski definition) is 2. The molecule has 2 aliphatic carbocycles. The average molecular weight is 224 g/mol. The summed E-state index contributed by atoms with van der Waals surface area (Å²) in [7, 11) is 0. The second-order valence-corrected chi connectivity index (χ2v) is 7.50. The lowest BCUT2D eigenvalue weighted by molar-refractivity contribution is -0.156. The standard InChI is InChI=1S/C14H24O2/c1-11(2)10-5-6-12(3,7-10)14(11,15)8-13(4)9-16-13/h10,15H,5-9H2,1-4H3/t10-,12+,13+,14-/m0/s1. The first-order valence-corrected chi connectivity index (χ1v) is 6.59. The van der Waals surface area contributed by atoms with Crippen LogP contribution in [0.25, 0.3) is 0 Å². The first kappa shape index (κ1) is 11.0. The summed E-state index contributed by atoms with van der Waals surface area (Å²) in [5, 5.41) is 11.3. The summed E-state index contributed by atoms with van der Waals surface area (Å²) in [6.45, 7) is 9.76. The van der Waals surface area contributed by atoms with E-state index in [0.717, 1.165) is 13.0 Å². The molecule has 92 valence electrons. The summed E-state index contributed by atoms with van der Waals surface area (Å²) in [4.78, 5) is 0. The minimum Gasteiger partial charge on any atom is -0.389 e. The van der Waals surface area contributed by atoms with Crippen LogP contribution in [0.3, 0.4) is 0 Å². The monoisotopic (exact) mass is 224 g/mol. The normalized spacial score (nSPS) is 57.9. The van der Waals surface area contributed by atoms with Gasteiger partial charge in [0.15, 0.2) is 0 Å². The van der Waals surface area contributed by atoms with Crippen molar-refractivity contribution in [2.45, 2.75) is 64.6 Å². The highest BCUT2D eigenvalue weighted by atomic mass is 16.6. The molecule has 2 saturated carbocycles. The van der Waals surface area contributed by atoms with Gasteiger partial charge < -0.3 is 9.84 Å². The van der Waals surface area contributed by atoms with E-state index in [2.05, 4.69) is 27.7 Å². The van der Waals surface area contributed by atoms with Crippen molar-refractivity contribution in [1.82, 2.24) is 0 Å². The third-order valence-corrected chi connectivity index (χ3v) is 6.09. The Hall–Kier alpha value is -0.0800. The second-order valence-electron chi connectivity index (χ2n) is 7.50. The third-order valence-electron chi connectivity index (χ3n) is 6.09. The SMILES string of the molecule is CC1(C)[C@H]2CC[C@](C)(C2)[C@]1(O)C[C@]1(C)CO1. The Morgan fingerprint density at radius 3 is 2.31 bits per heavy atom. The smallest absolute Gasteiger partial charge is 0.0916 e. The molecule has 0 aromatic carbocycles. The highest BCUT2D eigenvalue weighted by Gasteiger charge is 2.70. The Bertz CT molecular complexity index is 325. The van der Waals surface area contributed by atoms with Crippen LogP contribution in [-0.4, -0.2) is 22.9 Å². The Kier molecular flexibility index (Phi) is 1.84. The largest absolute Gasteiger partial charge is 0.389 e. The Balaban J connectivity index is 1.97. The van der Waals surface area contributed by atoms with E-state index in [0.29, 0.717) is 5.92 Å². The molecule has 0 radical (unpaired) electrons. The zero-order valence-corrected chi connectivity index (χ0v) is 11.0. The average Bonchev–Trinajstić information content (AvgIpc) is 2.70. The van der Waals surface area contributed by atoms with Crippen LogP contribution >= 0.6 is 0 Å². The number of ether oxygens (including phenoxy) is 1. The number of rotatable bonds is 2. The van der Waals surface area contributed by atoms with Gasteiger partial charge in [-0.2, -0.15) is 0 Å². The van der Waals surface area contributed by atoms with Gasteiger partial charge in [-0.15, -0.1) is 0 Å². The van der Waals surface area contributed by atoms with Crippen molar-refractivity contribution in [2.24, 2.45) is 16.7 Å². The molecule has 0 spiro atoms. The van der Waals surface area contributed by atoms with Crippen LogP contribution in [0.1, 0.15) is 53.4 Å². The molecule has 0 amide bonds. The summed E-state index contributed by atoms with van der Waals surface area (Å²) < 4.78 is 5.51. The van der Waals surface area contributed by atoms with Crippen molar-refractivity contribution in [3.05, 3.63) is 0 Å². The molecule has 2 nitrogen and oxygen atoms in total. The summed E-state index contributed by atoms with van der Waals surface area (Å²) in [6, 6.07) is 0. The molecule has 2 bridgehead atoms. The van der Waals surface area contributed by atoms with E-state index in [-0.39, 0.29) is 16.4 Å². The van der Waals surface area contributed by atoms with Crippen LogP contribution in [0.15, 0.2) is 0 Å². The molecule has 1 heterocycles. The first-order valence-electron chi connectivity index (χ1n) is 6.59. The zero-order chi connectivity index (χ0) is 11.8. The number of aliphatic hydroxyl groups is 1. The summed E-state index contributed by atoms with van der Waals surface area (Å²) >= 11 is 0. The van der Waals surface area contributed by atoms with Crippen LogP contribution < -0.4 is 0 Å². The molecule has 1 aliphatic heterocycles. The summed E-state index contributed by atoms with van der Waals surface area (Å²) in [5.74, 6) is 0.699. The Morgan fingerprint density at radius 2 is 1.88 bits per heavy atom. The summed E-state index contributed by atoms with van der Waals surface area (Å²) in [5.41, 5.74) is -0.404. The quantitative estimate of drug-likeness (QED) is 0.732. The molecule has 3 fully saturated rings. The van der Waals surface area contributed by atoms with Crippen LogP contribution in [-0.2, 0) is 4.74 Å². The fourth-order valence-corrected chi connectivity index (χ4v) is 4.56. The first-order chi connectivity index (χ1) is 7.23. The molecule has 0 aromatic rings. The predicted octanol–water partition coefficient (Wildman–Crippen LogP) is 2.74. The van der Waals surface area contributed by atoms with Crippen LogP contribution in [0.5, 0.6) is 0 Å². The van der Waals surface area contributed by atoms with Gasteiger partial charge in [0, 0.05) is 6.42 Å². The van der Waals surface area contributed by atoms with Gasteiger partial charge in [0.05, 0.1) is 17.8 Å². The molecular formula is C14H24O2. The molecule has 0 unspecified atom stereocenters. The highest BCUT2D eigenvalue weighted by Crippen LogP contribution is 2.70. The van der Waals surface area contributed by atoms with Crippen LogP contribution in [0.4, 0.5) is 0 Å². The van der Waals surface area contributed by atoms with Gasteiger partial charge in [-0.1, -0.05) is 20.8 Å². The fourth-order valence-electron chi connectivity index (χ4n) is 4.56. The molecule has 16 heavy (non-hydrogen) atoms. The maximum Gasteiger partial charge on any atom is 0.0916 e. The van der Waals surface area contributed by atoms with Gasteiger partial charge in [-0.3, -0.25) is 0 Å². The Labute approximate surface area is 98.4 Å². The minimum atomic E-state index is -0.534. The van der Waals surface area contributed by atoms with E-state index in [4.69, 9.17) is 4.74 Å². The number of epoxide rings is 1. The van der Waals surface area contributed by atoms with Crippen molar-refractivity contribution >= 4 is 0 Å². The van der Waals surface area contributed by atoms with Gasteiger partial charge in [0.25, 0.3) is 0 Å². The second kappa shape index (κ2) is 2.67. The zero-order valence-electron chi connectivity index (χ0n) is 11.0. The van der Waals surface area contributed by atoms with Crippen molar-refractivity contribution in [3.63, 3.8) is 0 Å². The van der Waals surface area contributed by atoms with E-state index >= 15 is 0 Å². The third kappa shape index (κ3) is 1.10. The lowest BCUT2D eigenvalue weighted by Crippen LogP contribution is -2.56. The maximum atomic E-state index is 11.3. The van der Waals surface area contributed by atoms with Crippen molar-refractivity contribution in [2.75, 3.05) is 6.61 Å². The van der Waals surface area contributed by atoms with Gasteiger partial charge in [0.1, 0.15) is 0 Å². The van der Waals surface area contributed by atoms with Crippen molar-refractivity contribution < 1.29 is 9.84 Å². The van der Waals surface area contributed by atoms with Gasteiger partial charge in [0.2, 0.25) is 0 Å². The van der Waals surface area contributed by atoms with Gasteiger partial charge >= 0.3 is 0 Å². The predicted molar refractivity (Wildman–Crippen MR) is 63.2 cm³/mol. The topological polar surface area (TPSA) is 32.8 Å². The molecule has 0 aromatic heterocycles. The summed E-state index contributed by atoms with van der Waals surface area (Å²) in [6.07, 6.45) is 4.50. The molecular weight excluding hydrogens is 200 g/mol. The number of fused-ring (bicyclic) bond motifs is 2. The Morgan fingerprint density at radius 1 is 1.25 bits per heavy atom. The molecule has 1 saturated heterocycles. The fraction of sp³-hybridized carbons (Fsp3) is 1.00. The highest BCUT2D eigenvalue weighted by molar-refractivity contribution is 5.20. The van der Waals surface area contributed by atoms with Gasteiger partial charge in [-0.25, -0.2) is 0 Å². The van der Waals surface area contributed by atoms with E-state index in [9.17, 15) is 5.11 Å². The molecule has 3 rings (SSSR count). The number of hydrogen-bond donors (Lipinski definition) is 1. The molecule has 3 aliphatic rings. The van der Waals surface area contributed by atoms with Gasteiger partial charge in [-0.05, 0) is 42.9 Å². The minimum absolute atomic E-state index is 0.0422. The van der Waals surface area contributed by atoms with E-state index in [1.54, 1.807) is 0 Å². The van der Waals surface area contributed by atoms with E-state index in [1.165, 1.54) is 19.3 Å². The van der Waals surface area contributed by atoms with Crippen molar-refractivity contribution in [1.29, 1.82) is 0 Å². The molecule has 2 heteroatoms.